The second-order valence-corrected chi connectivity index (χ2v) is 6.66. The number of hydrogen-bond donors (Lipinski definition) is 2. The van der Waals surface area contributed by atoms with E-state index in [-0.39, 0.29) is 5.91 Å². The van der Waals surface area contributed by atoms with E-state index in [0.717, 1.165) is 44.7 Å². The SMILES string of the molecule is CNc1nccc(N2CCC(CC(=O)NCCC(C)C)CC2)n1. The Morgan fingerprint density at radius 1 is 1.39 bits per heavy atom. The summed E-state index contributed by atoms with van der Waals surface area (Å²) < 4.78 is 0. The Labute approximate surface area is 139 Å². The van der Waals surface area contributed by atoms with Crippen molar-refractivity contribution in [3.05, 3.63) is 12.3 Å². The van der Waals surface area contributed by atoms with Crippen LogP contribution in [-0.4, -0.2) is 42.6 Å². The Bertz CT molecular complexity index is 498. The molecule has 0 aliphatic carbocycles. The van der Waals surface area contributed by atoms with Gasteiger partial charge < -0.3 is 15.5 Å². The molecule has 128 valence electrons. The van der Waals surface area contributed by atoms with Gasteiger partial charge in [-0.3, -0.25) is 4.79 Å². The van der Waals surface area contributed by atoms with Crippen molar-refractivity contribution in [1.29, 1.82) is 0 Å². The molecule has 0 atom stereocenters. The maximum atomic E-state index is 12.0. The van der Waals surface area contributed by atoms with Crippen LogP contribution in [0.15, 0.2) is 12.3 Å². The van der Waals surface area contributed by atoms with E-state index >= 15 is 0 Å². The van der Waals surface area contributed by atoms with E-state index in [0.29, 0.717) is 24.2 Å². The van der Waals surface area contributed by atoms with Gasteiger partial charge >= 0.3 is 0 Å². The zero-order chi connectivity index (χ0) is 16.7. The summed E-state index contributed by atoms with van der Waals surface area (Å²) in [6.45, 7) is 7.04. The highest BCUT2D eigenvalue weighted by Gasteiger charge is 2.22. The highest BCUT2D eigenvalue weighted by molar-refractivity contribution is 5.76. The predicted molar refractivity (Wildman–Crippen MR) is 93.6 cm³/mol. The topological polar surface area (TPSA) is 70.2 Å². The van der Waals surface area contributed by atoms with Gasteiger partial charge in [0.2, 0.25) is 11.9 Å². The number of hydrogen-bond acceptors (Lipinski definition) is 5. The molecule has 2 heterocycles. The Morgan fingerprint density at radius 2 is 2.13 bits per heavy atom. The van der Waals surface area contributed by atoms with Crippen LogP contribution in [0.5, 0.6) is 0 Å². The lowest BCUT2D eigenvalue weighted by Gasteiger charge is -2.32. The zero-order valence-corrected chi connectivity index (χ0v) is 14.5. The van der Waals surface area contributed by atoms with Gasteiger partial charge in [0, 0.05) is 39.3 Å². The largest absolute Gasteiger partial charge is 0.357 e. The van der Waals surface area contributed by atoms with Crippen LogP contribution >= 0.6 is 0 Å². The number of piperidine rings is 1. The fraction of sp³-hybridized carbons (Fsp3) is 0.706. The van der Waals surface area contributed by atoms with Crippen LogP contribution < -0.4 is 15.5 Å². The third-order valence-electron chi connectivity index (χ3n) is 4.32. The van der Waals surface area contributed by atoms with E-state index in [1.807, 2.05) is 13.1 Å². The second-order valence-electron chi connectivity index (χ2n) is 6.66. The van der Waals surface area contributed by atoms with Crippen molar-refractivity contribution >= 4 is 17.7 Å². The molecule has 0 saturated carbocycles. The molecule has 0 bridgehead atoms. The molecule has 0 radical (unpaired) electrons. The highest BCUT2D eigenvalue weighted by atomic mass is 16.1. The van der Waals surface area contributed by atoms with Crippen molar-refractivity contribution in [2.75, 3.05) is 36.9 Å². The summed E-state index contributed by atoms with van der Waals surface area (Å²) in [5.41, 5.74) is 0. The van der Waals surface area contributed by atoms with E-state index in [1.54, 1.807) is 6.20 Å². The number of carbonyl (C=O) groups is 1. The molecule has 1 aromatic heterocycles. The number of amides is 1. The normalized spacial score (nSPS) is 15.7. The van der Waals surface area contributed by atoms with E-state index in [2.05, 4.69) is 39.3 Å². The van der Waals surface area contributed by atoms with Crippen LogP contribution in [0, 0.1) is 11.8 Å². The Morgan fingerprint density at radius 3 is 2.78 bits per heavy atom. The van der Waals surface area contributed by atoms with E-state index in [4.69, 9.17) is 0 Å². The summed E-state index contributed by atoms with van der Waals surface area (Å²) in [6.07, 6.45) is 5.55. The van der Waals surface area contributed by atoms with Gasteiger partial charge in [0.05, 0.1) is 0 Å². The molecule has 0 unspecified atom stereocenters. The van der Waals surface area contributed by atoms with Crippen LogP contribution in [0.1, 0.15) is 39.5 Å². The van der Waals surface area contributed by atoms with E-state index < -0.39 is 0 Å². The van der Waals surface area contributed by atoms with Gasteiger partial charge in [0.15, 0.2) is 0 Å². The van der Waals surface area contributed by atoms with Crippen molar-refractivity contribution in [1.82, 2.24) is 15.3 Å². The zero-order valence-electron chi connectivity index (χ0n) is 14.5. The van der Waals surface area contributed by atoms with Crippen molar-refractivity contribution in [2.24, 2.45) is 11.8 Å². The Kier molecular flexibility index (Phi) is 6.62. The van der Waals surface area contributed by atoms with E-state index in [1.165, 1.54) is 0 Å². The first-order valence-corrected chi connectivity index (χ1v) is 8.61. The van der Waals surface area contributed by atoms with Crippen LogP contribution in [-0.2, 0) is 4.79 Å². The summed E-state index contributed by atoms with van der Waals surface area (Å²) >= 11 is 0. The first-order valence-electron chi connectivity index (χ1n) is 8.61. The number of nitrogens with one attached hydrogen (secondary N) is 2. The van der Waals surface area contributed by atoms with Crippen molar-refractivity contribution in [3.63, 3.8) is 0 Å². The molecule has 1 aromatic rings. The molecule has 1 amide bonds. The fourth-order valence-corrected chi connectivity index (χ4v) is 2.85. The lowest BCUT2D eigenvalue weighted by atomic mass is 9.93. The fourth-order valence-electron chi connectivity index (χ4n) is 2.85. The van der Waals surface area contributed by atoms with E-state index in [9.17, 15) is 4.79 Å². The van der Waals surface area contributed by atoms with Crippen LogP contribution in [0.4, 0.5) is 11.8 Å². The summed E-state index contributed by atoms with van der Waals surface area (Å²) in [6, 6.07) is 1.94. The average molecular weight is 319 g/mol. The average Bonchev–Trinajstić information content (AvgIpc) is 2.55. The Hall–Kier alpha value is -1.85. The molecular weight excluding hydrogens is 290 g/mol. The van der Waals surface area contributed by atoms with Gasteiger partial charge in [-0.2, -0.15) is 4.98 Å². The molecular formula is C17H29N5O. The van der Waals surface area contributed by atoms with Crippen LogP contribution in [0.2, 0.25) is 0 Å². The standard InChI is InChI=1S/C17H29N5O/c1-13(2)4-8-19-16(23)12-14-6-10-22(11-7-14)15-5-9-20-17(18-3)21-15/h5,9,13-14H,4,6-8,10-12H2,1-3H3,(H,19,23)(H,18,20,21). The minimum absolute atomic E-state index is 0.198. The maximum Gasteiger partial charge on any atom is 0.224 e. The minimum Gasteiger partial charge on any atom is -0.357 e. The number of rotatable bonds is 7. The third kappa shape index (κ3) is 5.69. The number of anilines is 2. The molecule has 2 rings (SSSR count). The summed E-state index contributed by atoms with van der Waals surface area (Å²) in [4.78, 5) is 22.9. The molecule has 23 heavy (non-hydrogen) atoms. The van der Waals surface area contributed by atoms with Gasteiger partial charge in [-0.05, 0) is 37.2 Å². The number of nitrogens with zero attached hydrogens (tertiary/aromatic N) is 3. The first kappa shape index (κ1) is 17.5. The van der Waals surface area contributed by atoms with Gasteiger partial charge in [0.25, 0.3) is 0 Å². The van der Waals surface area contributed by atoms with Gasteiger partial charge in [-0.25, -0.2) is 4.98 Å². The first-order chi connectivity index (χ1) is 11.1. The maximum absolute atomic E-state index is 12.0. The lowest BCUT2D eigenvalue weighted by Crippen LogP contribution is -2.36. The van der Waals surface area contributed by atoms with Gasteiger partial charge in [-0.15, -0.1) is 0 Å². The van der Waals surface area contributed by atoms with Gasteiger partial charge in [-0.1, -0.05) is 13.8 Å². The molecule has 1 aliphatic heterocycles. The van der Waals surface area contributed by atoms with Gasteiger partial charge in [0.1, 0.15) is 5.82 Å². The summed E-state index contributed by atoms with van der Waals surface area (Å²) in [7, 11) is 1.82. The lowest BCUT2D eigenvalue weighted by molar-refractivity contribution is -0.122. The van der Waals surface area contributed by atoms with Crippen molar-refractivity contribution < 1.29 is 4.79 Å². The predicted octanol–water partition coefficient (Wildman–Crippen LogP) is 2.29. The second kappa shape index (κ2) is 8.70. The molecule has 6 heteroatoms. The highest BCUT2D eigenvalue weighted by Crippen LogP contribution is 2.24. The molecule has 1 fully saturated rings. The molecule has 6 nitrogen and oxygen atoms in total. The smallest absolute Gasteiger partial charge is 0.224 e. The number of carbonyl (C=O) groups excluding carboxylic acids is 1. The summed E-state index contributed by atoms with van der Waals surface area (Å²) in [5, 5.41) is 6.00. The molecule has 0 aromatic carbocycles. The Balaban J connectivity index is 1.74. The molecule has 1 saturated heterocycles. The molecule has 0 spiro atoms. The monoisotopic (exact) mass is 319 g/mol. The number of aromatic nitrogens is 2. The molecule has 1 aliphatic rings. The van der Waals surface area contributed by atoms with Crippen molar-refractivity contribution in [3.8, 4) is 0 Å². The summed E-state index contributed by atoms with van der Waals surface area (Å²) in [5.74, 6) is 2.92. The molecule has 2 N–H and O–H groups in total. The quantitative estimate of drug-likeness (QED) is 0.807. The van der Waals surface area contributed by atoms with Crippen LogP contribution in [0.25, 0.3) is 0 Å². The minimum atomic E-state index is 0.198. The van der Waals surface area contributed by atoms with Crippen molar-refractivity contribution in [2.45, 2.75) is 39.5 Å². The van der Waals surface area contributed by atoms with Crippen LogP contribution in [0.3, 0.4) is 0 Å². The third-order valence-corrected chi connectivity index (χ3v) is 4.32.